The molecule has 0 bridgehead atoms. The molecule has 6 heteroatoms. The molecule has 0 aromatic carbocycles. The van der Waals surface area contributed by atoms with Gasteiger partial charge in [0.15, 0.2) is 0 Å². The molecule has 1 aromatic rings. The van der Waals surface area contributed by atoms with Crippen molar-refractivity contribution in [2.45, 2.75) is 78.2 Å². The van der Waals surface area contributed by atoms with Gasteiger partial charge < -0.3 is 10.2 Å². The van der Waals surface area contributed by atoms with E-state index >= 15 is 0 Å². The first-order chi connectivity index (χ1) is 15.6. The Morgan fingerprint density at radius 1 is 1.03 bits per heavy atom. The van der Waals surface area contributed by atoms with Gasteiger partial charge in [-0.05, 0) is 42.9 Å². The number of nitrogens with one attached hydrogen (secondary N) is 1. The highest BCUT2D eigenvalue weighted by Crippen LogP contribution is 2.52. The average molecular weight is 442 g/mol. The van der Waals surface area contributed by atoms with Crippen molar-refractivity contribution >= 4 is 11.7 Å². The Hall–Kier alpha value is -1.69. The van der Waals surface area contributed by atoms with Crippen molar-refractivity contribution in [1.82, 2.24) is 20.2 Å². The molecule has 3 fully saturated rings. The summed E-state index contributed by atoms with van der Waals surface area (Å²) in [6.45, 7) is 12.5. The molecular weight excluding hydrogens is 398 g/mol. The summed E-state index contributed by atoms with van der Waals surface area (Å²) >= 11 is 0. The molecule has 32 heavy (non-hydrogen) atoms. The van der Waals surface area contributed by atoms with Crippen LogP contribution in [0.5, 0.6) is 0 Å². The Morgan fingerprint density at radius 3 is 2.41 bits per heavy atom. The quantitative estimate of drug-likeness (QED) is 0.617. The van der Waals surface area contributed by atoms with Gasteiger partial charge >= 0.3 is 0 Å². The molecular formula is C26H43N5O. The standard InChI is InChI=1S/C26H43N5O/c1-4-19(3)15-22-21(5-2)23(22)18-30-11-13-31(14-12-30)25-17-27-24(16-28-25)26(32)29-20-9-7-6-8-10-20/h16-17,19-23H,4-15,18H2,1-3H3,(H,29,32). The van der Waals surface area contributed by atoms with Gasteiger partial charge in [-0.3, -0.25) is 9.69 Å². The summed E-state index contributed by atoms with van der Waals surface area (Å²) in [4.78, 5) is 26.5. The lowest BCUT2D eigenvalue weighted by Gasteiger charge is -2.35. The normalized spacial score (nSPS) is 27.8. The number of anilines is 1. The molecule has 6 nitrogen and oxygen atoms in total. The van der Waals surface area contributed by atoms with Gasteiger partial charge in [-0.25, -0.2) is 9.97 Å². The van der Waals surface area contributed by atoms with E-state index in [9.17, 15) is 4.79 Å². The number of rotatable bonds is 9. The predicted octanol–water partition coefficient (Wildman–Crippen LogP) is 4.37. The van der Waals surface area contributed by atoms with Crippen LogP contribution in [-0.4, -0.2) is 59.5 Å². The number of amides is 1. The first kappa shape index (κ1) is 23.5. The van der Waals surface area contributed by atoms with E-state index in [1.54, 1.807) is 12.4 Å². The van der Waals surface area contributed by atoms with E-state index in [-0.39, 0.29) is 5.91 Å². The van der Waals surface area contributed by atoms with Gasteiger partial charge in [-0.1, -0.05) is 52.9 Å². The molecule has 3 aliphatic rings. The second-order valence-electron chi connectivity index (χ2n) is 10.5. The summed E-state index contributed by atoms with van der Waals surface area (Å²) in [5.74, 6) is 4.48. The largest absolute Gasteiger partial charge is 0.353 e. The molecule has 1 amide bonds. The number of nitrogens with zero attached hydrogens (tertiary/aromatic N) is 4. The topological polar surface area (TPSA) is 61.4 Å². The average Bonchev–Trinajstić information content (AvgIpc) is 3.50. The minimum absolute atomic E-state index is 0.0809. The van der Waals surface area contributed by atoms with Crippen molar-refractivity contribution in [1.29, 1.82) is 0 Å². The number of carbonyl (C=O) groups excluding carboxylic acids is 1. The fourth-order valence-corrected chi connectivity index (χ4v) is 5.95. The van der Waals surface area contributed by atoms with Crippen molar-refractivity contribution in [2.24, 2.45) is 23.7 Å². The van der Waals surface area contributed by atoms with Gasteiger partial charge in [0, 0.05) is 38.8 Å². The van der Waals surface area contributed by atoms with Crippen molar-refractivity contribution in [3.05, 3.63) is 18.1 Å². The number of carbonyl (C=O) groups is 1. The van der Waals surface area contributed by atoms with Crippen LogP contribution in [-0.2, 0) is 0 Å². The molecule has 178 valence electrons. The zero-order chi connectivity index (χ0) is 22.5. The number of hydrogen-bond donors (Lipinski definition) is 1. The van der Waals surface area contributed by atoms with Crippen LogP contribution in [0, 0.1) is 23.7 Å². The minimum Gasteiger partial charge on any atom is -0.353 e. The zero-order valence-corrected chi connectivity index (χ0v) is 20.4. The lowest BCUT2D eigenvalue weighted by atomic mass is 9.95. The van der Waals surface area contributed by atoms with Crippen LogP contribution in [0.25, 0.3) is 0 Å². The van der Waals surface area contributed by atoms with E-state index in [2.05, 4.69) is 45.9 Å². The highest BCUT2D eigenvalue weighted by atomic mass is 16.1. The Bertz CT molecular complexity index is 724. The van der Waals surface area contributed by atoms with Crippen molar-refractivity contribution < 1.29 is 4.79 Å². The molecule has 2 aliphatic carbocycles. The van der Waals surface area contributed by atoms with Gasteiger partial charge in [-0.15, -0.1) is 0 Å². The third kappa shape index (κ3) is 5.81. The zero-order valence-electron chi connectivity index (χ0n) is 20.4. The predicted molar refractivity (Wildman–Crippen MR) is 130 cm³/mol. The van der Waals surface area contributed by atoms with Crippen LogP contribution < -0.4 is 10.2 Å². The molecule has 1 aromatic heterocycles. The van der Waals surface area contributed by atoms with Crippen LogP contribution in [0.4, 0.5) is 5.82 Å². The molecule has 2 saturated carbocycles. The van der Waals surface area contributed by atoms with Gasteiger partial charge in [-0.2, -0.15) is 0 Å². The SMILES string of the molecule is CCC(C)CC1C(CC)C1CN1CCN(c2cnc(C(=O)NC3CCCCC3)cn2)CC1. The molecule has 1 saturated heterocycles. The smallest absolute Gasteiger partial charge is 0.271 e. The molecule has 4 rings (SSSR count). The van der Waals surface area contributed by atoms with Gasteiger partial charge in [0.25, 0.3) is 5.91 Å². The third-order valence-corrected chi connectivity index (χ3v) is 8.33. The van der Waals surface area contributed by atoms with E-state index < -0.39 is 0 Å². The maximum Gasteiger partial charge on any atom is 0.271 e. The maximum atomic E-state index is 12.5. The first-order valence-corrected chi connectivity index (χ1v) is 13.2. The lowest BCUT2D eigenvalue weighted by molar-refractivity contribution is 0.0922. The van der Waals surface area contributed by atoms with Crippen LogP contribution >= 0.6 is 0 Å². The Labute approximate surface area is 194 Å². The van der Waals surface area contributed by atoms with E-state index in [4.69, 9.17) is 0 Å². The maximum absolute atomic E-state index is 12.5. The highest BCUT2D eigenvalue weighted by Gasteiger charge is 2.48. The molecule has 2 heterocycles. The summed E-state index contributed by atoms with van der Waals surface area (Å²) in [5, 5.41) is 3.13. The molecule has 1 aliphatic heterocycles. The first-order valence-electron chi connectivity index (χ1n) is 13.2. The Balaban J connectivity index is 1.22. The lowest BCUT2D eigenvalue weighted by Crippen LogP contribution is -2.47. The van der Waals surface area contributed by atoms with Gasteiger partial charge in [0.2, 0.25) is 0 Å². The van der Waals surface area contributed by atoms with Crippen molar-refractivity contribution in [2.75, 3.05) is 37.6 Å². The van der Waals surface area contributed by atoms with E-state index in [1.165, 1.54) is 45.1 Å². The van der Waals surface area contributed by atoms with Crippen LogP contribution in [0.1, 0.15) is 82.6 Å². The fourth-order valence-electron chi connectivity index (χ4n) is 5.95. The monoisotopic (exact) mass is 441 g/mol. The number of aromatic nitrogens is 2. The van der Waals surface area contributed by atoms with Gasteiger partial charge in [0.05, 0.1) is 12.4 Å². The van der Waals surface area contributed by atoms with Crippen LogP contribution in [0.15, 0.2) is 12.4 Å². The van der Waals surface area contributed by atoms with Crippen LogP contribution in [0.2, 0.25) is 0 Å². The fraction of sp³-hybridized carbons (Fsp3) is 0.808. The molecule has 4 unspecified atom stereocenters. The van der Waals surface area contributed by atoms with Gasteiger partial charge in [0.1, 0.15) is 11.5 Å². The number of hydrogen-bond acceptors (Lipinski definition) is 5. The summed E-state index contributed by atoms with van der Waals surface area (Å²) in [6, 6.07) is 0.300. The summed E-state index contributed by atoms with van der Waals surface area (Å²) in [5.41, 5.74) is 0.435. The van der Waals surface area contributed by atoms with Crippen molar-refractivity contribution in [3.8, 4) is 0 Å². The highest BCUT2D eigenvalue weighted by molar-refractivity contribution is 5.92. The Morgan fingerprint density at radius 2 is 1.78 bits per heavy atom. The summed E-state index contributed by atoms with van der Waals surface area (Å²) in [7, 11) is 0. The van der Waals surface area contributed by atoms with E-state index in [0.29, 0.717) is 11.7 Å². The summed E-state index contributed by atoms with van der Waals surface area (Å²) in [6.07, 6.45) is 13.3. The molecule has 4 atom stereocenters. The second-order valence-corrected chi connectivity index (χ2v) is 10.5. The molecule has 0 radical (unpaired) electrons. The number of piperazine rings is 1. The minimum atomic E-state index is -0.0809. The second kappa shape index (κ2) is 11.0. The van der Waals surface area contributed by atoms with Crippen molar-refractivity contribution in [3.63, 3.8) is 0 Å². The third-order valence-electron chi connectivity index (χ3n) is 8.33. The van der Waals surface area contributed by atoms with E-state index in [0.717, 1.165) is 68.5 Å². The Kier molecular flexibility index (Phi) is 8.03. The molecule has 0 spiro atoms. The molecule has 1 N–H and O–H groups in total. The van der Waals surface area contributed by atoms with E-state index in [1.807, 2.05) is 0 Å². The summed E-state index contributed by atoms with van der Waals surface area (Å²) < 4.78 is 0. The van der Waals surface area contributed by atoms with Crippen LogP contribution in [0.3, 0.4) is 0 Å².